The fraction of sp³-hybridized carbons (Fsp3) is 0.250. The van der Waals surface area contributed by atoms with E-state index >= 15 is 0 Å². The van der Waals surface area contributed by atoms with E-state index in [4.69, 9.17) is 15.2 Å². The Morgan fingerprint density at radius 2 is 1.62 bits per heavy atom. The van der Waals surface area contributed by atoms with Gasteiger partial charge in [-0.25, -0.2) is 4.39 Å². The van der Waals surface area contributed by atoms with Crippen molar-refractivity contribution in [1.29, 1.82) is 0 Å². The Balaban J connectivity index is 1.77. The number of anilines is 1. The van der Waals surface area contributed by atoms with Crippen LogP contribution in [0, 0.1) is 12.7 Å². The van der Waals surface area contributed by atoms with Crippen LogP contribution < -0.4 is 15.2 Å². The summed E-state index contributed by atoms with van der Waals surface area (Å²) in [5.41, 5.74) is 6.76. The van der Waals surface area contributed by atoms with E-state index in [1.165, 1.54) is 6.07 Å². The summed E-state index contributed by atoms with van der Waals surface area (Å²) in [5, 5.41) is 9.78. The number of ether oxygens (including phenoxy) is 2. The SMILES string of the molecule is Cc1ccc(OCC(O)COc2ccc(N)cc2)cc1F. The minimum absolute atomic E-state index is 0.0253. The highest BCUT2D eigenvalue weighted by Gasteiger charge is 2.08. The first-order chi connectivity index (χ1) is 10.0. The second-order valence-corrected chi connectivity index (χ2v) is 4.76. The smallest absolute Gasteiger partial charge is 0.129 e. The fourth-order valence-electron chi connectivity index (χ4n) is 1.66. The summed E-state index contributed by atoms with van der Waals surface area (Å²) in [5.74, 6) is 0.661. The number of halogens is 1. The fourth-order valence-corrected chi connectivity index (χ4v) is 1.66. The van der Waals surface area contributed by atoms with Crippen LogP contribution >= 0.6 is 0 Å². The highest BCUT2D eigenvalue weighted by Crippen LogP contribution is 2.16. The van der Waals surface area contributed by atoms with Crippen molar-refractivity contribution in [2.24, 2.45) is 0 Å². The number of aliphatic hydroxyl groups is 1. The zero-order valence-electron chi connectivity index (χ0n) is 11.8. The van der Waals surface area contributed by atoms with Crippen molar-refractivity contribution in [3.63, 3.8) is 0 Å². The molecule has 112 valence electrons. The third-order valence-corrected chi connectivity index (χ3v) is 2.91. The molecular formula is C16H18FNO3. The highest BCUT2D eigenvalue weighted by atomic mass is 19.1. The molecule has 2 aromatic carbocycles. The van der Waals surface area contributed by atoms with Crippen molar-refractivity contribution in [2.45, 2.75) is 13.0 Å². The lowest BCUT2D eigenvalue weighted by Gasteiger charge is -2.14. The topological polar surface area (TPSA) is 64.7 Å². The van der Waals surface area contributed by atoms with Crippen molar-refractivity contribution < 1.29 is 19.0 Å². The number of aliphatic hydroxyl groups excluding tert-OH is 1. The van der Waals surface area contributed by atoms with E-state index < -0.39 is 6.10 Å². The molecule has 0 aliphatic carbocycles. The van der Waals surface area contributed by atoms with Crippen LogP contribution in [0.25, 0.3) is 0 Å². The van der Waals surface area contributed by atoms with E-state index in [1.54, 1.807) is 43.3 Å². The van der Waals surface area contributed by atoms with Crippen LogP contribution in [0.3, 0.4) is 0 Å². The van der Waals surface area contributed by atoms with Gasteiger partial charge in [-0.15, -0.1) is 0 Å². The van der Waals surface area contributed by atoms with Crippen LogP contribution in [0.1, 0.15) is 5.56 Å². The van der Waals surface area contributed by atoms with E-state index in [9.17, 15) is 9.50 Å². The molecule has 3 N–H and O–H groups in total. The van der Waals surface area contributed by atoms with Crippen molar-refractivity contribution >= 4 is 5.69 Å². The second kappa shape index (κ2) is 6.95. The zero-order chi connectivity index (χ0) is 15.2. The van der Waals surface area contributed by atoms with Gasteiger partial charge in [0.2, 0.25) is 0 Å². The largest absolute Gasteiger partial charge is 0.491 e. The number of nitrogens with two attached hydrogens (primary N) is 1. The van der Waals surface area contributed by atoms with Crippen molar-refractivity contribution in [1.82, 2.24) is 0 Å². The Kier molecular flexibility index (Phi) is 5.00. The third kappa shape index (κ3) is 4.65. The highest BCUT2D eigenvalue weighted by molar-refractivity contribution is 5.41. The molecule has 5 heteroatoms. The molecule has 0 saturated carbocycles. The molecular weight excluding hydrogens is 273 g/mol. The maximum absolute atomic E-state index is 13.3. The molecule has 0 aliphatic heterocycles. The molecule has 0 spiro atoms. The van der Waals surface area contributed by atoms with E-state index in [0.717, 1.165) is 0 Å². The third-order valence-electron chi connectivity index (χ3n) is 2.91. The van der Waals surface area contributed by atoms with Crippen LogP contribution in [-0.4, -0.2) is 24.4 Å². The van der Waals surface area contributed by atoms with Crippen molar-refractivity contribution in [3.8, 4) is 11.5 Å². The lowest BCUT2D eigenvalue weighted by molar-refractivity contribution is 0.0625. The average molecular weight is 291 g/mol. The van der Waals surface area contributed by atoms with Gasteiger partial charge in [0.05, 0.1) is 0 Å². The van der Waals surface area contributed by atoms with Gasteiger partial charge in [-0.3, -0.25) is 0 Å². The molecule has 2 rings (SSSR count). The Bertz CT molecular complexity index is 587. The van der Waals surface area contributed by atoms with Crippen LogP contribution in [0.4, 0.5) is 10.1 Å². The van der Waals surface area contributed by atoms with Gasteiger partial charge in [-0.05, 0) is 42.8 Å². The first kappa shape index (κ1) is 15.1. The number of nitrogen functional groups attached to an aromatic ring is 1. The second-order valence-electron chi connectivity index (χ2n) is 4.76. The number of hydrogen-bond acceptors (Lipinski definition) is 4. The van der Waals surface area contributed by atoms with Gasteiger partial charge < -0.3 is 20.3 Å². The lowest BCUT2D eigenvalue weighted by atomic mass is 10.2. The molecule has 0 fully saturated rings. The van der Waals surface area contributed by atoms with Gasteiger partial charge >= 0.3 is 0 Å². The van der Waals surface area contributed by atoms with Crippen LogP contribution in [0.2, 0.25) is 0 Å². The molecule has 0 radical (unpaired) electrons. The summed E-state index contributed by atoms with van der Waals surface area (Å²) < 4.78 is 24.0. The van der Waals surface area contributed by atoms with Crippen molar-refractivity contribution in [2.75, 3.05) is 18.9 Å². The summed E-state index contributed by atoms with van der Waals surface area (Å²) in [7, 11) is 0. The maximum atomic E-state index is 13.3. The van der Waals surface area contributed by atoms with Gasteiger partial charge in [0.25, 0.3) is 0 Å². The van der Waals surface area contributed by atoms with Gasteiger partial charge in [-0.1, -0.05) is 6.07 Å². The predicted molar refractivity (Wildman–Crippen MR) is 79.0 cm³/mol. The Morgan fingerprint density at radius 1 is 1.05 bits per heavy atom. The van der Waals surface area contributed by atoms with Crippen LogP contribution in [-0.2, 0) is 0 Å². The zero-order valence-corrected chi connectivity index (χ0v) is 11.8. The molecule has 0 aromatic heterocycles. The molecule has 0 heterocycles. The van der Waals surface area contributed by atoms with E-state index in [0.29, 0.717) is 22.7 Å². The Labute approximate surface area is 122 Å². The minimum atomic E-state index is -0.813. The molecule has 4 nitrogen and oxygen atoms in total. The van der Waals surface area contributed by atoms with E-state index in [-0.39, 0.29) is 19.0 Å². The molecule has 0 saturated heterocycles. The molecule has 21 heavy (non-hydrogen) atoms. The predicted octanol–water partition coefficient (Wildman–Crippen LogP) is 2.54. The monoisotopic (exact) mass is 291 g/mol. The minimum Gasteiger partial charge on any atom is -0.491 e. The Morgan fingerprint density at radius 3 is 2.24 bits per heavy atom. The number of rotatable bonds is 6. The summed E-state index contributed by atoms with van der Waals surface area (Å²) >= 11 is 0. The van der Waals surface area contributed by atoms with Gasteiger partial charge in [0.15, 0.2) is 0 Å². The van der Waals surface area contributed by atoms with Crippen molar-refractivity contribution in [3.05, 3.63) is 53.8 Å². The summed E-state index contributed by atoms with van der Waals surface area (Å²) in [4.78, 5) is 0. The first-order valence-electron chi connectivity index (χ1n) is 6.60. The lowest BCUT2D eigenvalue weighted by Crippen LogP contribution is -2.25. The summed E-state index contributed by atoms with van der Waals surface area (Å²) in [6, 6.07) is 11.5. The van der Waals surface area contributed by atoms with Gasteiger partial charge in [-0.2, -0.15) is 0 Å². The van der Waals surface area contributed by atoms with Gasteiger partial charge in [0.1, 0.15) is 36.6 Å². The normalized spacial score (nSPS) is 12.0. The van der Waals surface area contributed by atoms with E-state index in [2.05, 4.69) is 0 Å². The van der Waals surface area contributed by atoms with E-state index in [1.807, 2.05) is 0 Å². The average Bonchev–Trinajstić information content (AvgIpc) is 2.48. The molecule has 0 aliphatic rings. The maximum Gasteiger partial charge on any atom is 0.129 e. The van der Waals surface area contributed by atoms with Crippen LogP contribution in [0.5, 0.6) is 11.5 Å². The molecule has 1 atom stereocenters. The molecule has 1 unspecified atom stereocenters. The quantitative estimate of drug-likeness (QED) is 0.803. The molecule has 0 bridgehead atoms. The molecule has 2 aromatic rings. The number of benzene rings is 2. The summed E-state index contributed by atoms with van der Waals surface area (Å²) in [6.45, 7) is 1.78. The molecule has 0 amide bonds. The first-order valence-corrected chi connectivity index (χ1v) is 6.60. The standard InChI is InChI=1S/C16H18FNO3/c1-11-2-5-15(8-16(11)17)21-10-13(19)9-20-14-6-3-12(18)4-7-14/h2-8,13,19H,9-10,18H2,1H3. The number of aryl methyl sites for hydroxylation is 1. The number of hydrogen-bond donors (Lipinski definition) is 2. The van der Waals surface area contributed by atoms with Gasteiger partial charge in [0, 0.05) is 11.8 Å². The Hall–Kier alpha value is -2.27. The summed E-state index contributed by atoms with van der Waals surface area (Å²) in [6.07, 6.45) is -0.813. The van der Waals surface area contributed by atoms with Crippen LogP contribution in [0.15, 0.2) is 42.5 Å².